The largest absolute Gasteiger partial charge is 0.323 e. The fraction of sp³-hybridized carbons (Fsp3) is 0.250. The molecule has 0 bridgehead atoms. The van der Waals surface area contributed by atoms with Gasteiger partial charge < -0.3 is 5.32 Å². The zero-order valence-corrected chi connectivity index (χ0v) is 14.1. The number of halogens is 2. The van der Waals surface area contributed by atoms with Crippen LogP contribution in [-0.2, 0) is 4.79 Å². The topological polar surface area (TPSA) is 54.9 Å². The molecular weight excluding hydrogens is 353 g/mol. The van der Waals surface area contributed by atoms with E-state index in [2.05, 4.69) is 15.5 Å². The molecule has 0 aliphatic carbocycles. The minimum atomic E-state index is -0.518. The lowest BCUT2D eigenvalue weighted by Crippen LogP contribution is -2.15. The molecule has 9 heteroatoms. The summed E-state index contributed by atoms with van der Waals surface area (Å²) < 4.78 is 15.1. The van der Waals surface area contributed by atoms with Crippen molar-refractivity contribution in [1.82, 2.24) is 10.2 Å². The van der Waals surface area contributed by atoms with Crippen molar-refractivity contribution in [1.29, 1.82) is 0 Å². The van der Waals surface area contributed by atoms with Crippen LogP contribution in [0.25, 0.3) is 0 Å². The van der Waals surface area contributed by atoms with Crippen LogP contribution in [-0.4, -0.2) is 27.6 Å². The maximum Gasteiger partial charge on any atom is 0.234 e. The zero-order chi connectivity index (χ0) is 15.2. The SMILES string of the molecule is CCSc1nnc(SCC(=O)Nc2cc(Cl)ccc2F)s1. The summed E-state index contributed by atoms with van der Waals surface area (Å²) in [6.45, 7) is 2.03. The van der Waals surface area contributed by atoms with Crippen LogP contribution in [0.1, 0.15) is 6.92 Å². The van der Waals surface area contributed by atoms with Crippen LogP contribution in [0.15, 0.2) is 26.9 Å². The highest BCUT2D eigenvalue weighted by molar-refractivity contribution is 8.03. The Hall–Kier alpha value is -0.830. The first kappa shape index (κ1) is 16.5. The maximum absolute atomic E-state index is 13.5. The molecule has 2 aromatic rings. The van der Waals surface area contributed by atoms with Crippen molar-refractivity contribution in [2.75, 3.05) is 16.8 Å². The third kappa shape index (κ3) is 5.14. The third-order valence-corrected chi connectivity index (χ3v) is 5.49. The number of aromatic nitrogens is 2. The summed E-state index contributed by atoms with van der Waals surface area (Å²) in [4.78, 5) is 11.8. The highest BCUT2D eigenvalue weighted by Gasteiger charge is 2.10. The molecule has 21 heavy (non-hydrogen) atoms. The number of carbonyl (C=O) groups is 1. The Morgan fingerprint density at radius 1 is 1.38 bits per heavy atom. The Morgan fingerprint density at radius 3 is 2.81 bits per heavy atom. The lowest BCUT2D eigenvalue weighted by Gasteiger charge is -2.05. The maximum atomic E-state index is 13.5. The molecule has 0 saturated carbocycles. The third-order valence-electron chi connectivity index (χ3n) is 2.18. The number of rotatable bonds is 6. The van der Waals surface area contributed by atoms with Crippen LogP contribution < -0.4 is 5.32 Å². The molecule has 1 aromatic carbocycles. The lowest BCUT2D eigenvalue weighted by atomic mass is 10.3. The summed E-state index contributed by atoms with van der Waals surface area (Å²) in [7, 11) is 0. The molecule has 0 aliphatic rings. The standard InChI is InChI=1S/C12H11ClFN3OS3/c1-2-19-11-16-17-12(21-11)20-6-10(18)15-9-5-7(13)3-4-8(9)14/h3-5H,2,6H2,1H3,(H,15,18). The van der Waals surface area contributed by atoms with Gasteiger partial charge in [-0.2, -0.15) is 0 Å². The van der Waals surface area contributed by atoms with Gasteiger partial charge in [-0.3, -0.25) is 4.79 Å². The number of hydrogen-bond acceptors (Lipinski definition) is 6. The molecular formula is C12H11ClFN3OS3. The smallest absolute Gasteiger partial charge is 0.234 e. The molecule has 0 saturated heterocycles. The number of nitrogens with one attached hydrogen (secondary N) is 1. The minimum absolute atomic E-state index is 0.0765. The van der Waals surface area contributed by atoms with Gasteiger partial charge in [0.05, 0.1) is 11.4 Å². The van der Waals surface area contributed by atoms with Gasteiger partial charge in [0, 0.05) is 5.02 Å². The van der Waals surface area contributed by atoms with E-state index in [0.29, 0.717) is 9.36 Å². The molecule has 0 unspecified atom stereocenters. The van der Waals surface area contributed by atoms with Crippen molar-refractivity contribution < 1.29 is 9.18 Å². The summed E-state index contributed by atoms with van der Waals surface area (Å²) in [6.07, 6.45) is 0. The van der Waals surface area contributed by atoms with E-state index in [9.17, 15) is 9.18 Å². The quantitative estimate of drug-likeness (QED) is 0.780. The molecule has 1 amide bonds. The molecule has 112 valence electrons. The summed E-state index contributed by atoms with van der Waals surface area (Å²) in [5.74, 6) is 0.224. The van der Waals surface area contributed by atoms with E-state index in [-0.39, 0.29) is 17.3 Å². The normalized spacial score (nSPS) is 10.6. The number of thioether (sulfide) groups is 2. The number of amides is 1. The van der Waals surface area contributed by atoms with Gasteiger partial charge in [0.2, 0.25) is 5.91 Å². The van der Waals surface area contributed by atoms with Crippen molar-refractivity contribution >= 4 is 58.1 Å². The van der Waals surface area contributed by atoms with Crippen LogP contribution in [0.5, 0.6) is 0 Å². The Morgan fingerprint density at radius 2 is 2.10 bits per heavy atom. The number of anilines is 1. The van der Waals surface area contributed by atoms with E-state index in [1.165, 1.54) is 41.3 Å². The zero-order valence-electron chi connectivity index (χ0n) is 10.9. The van der Waals surface area contributed by atoms with E-state index >= 15 is 0 Å². The number of benzene rings is 1. The average molecular weight is 364 g/mol. The van der Waals surface area contributed by atoms with Gasteiger partial charge in [-0.25, -0.2) is 4.39 Å². The van der Waals surface area contributed by atoms with E-state index in [0.717, 1.165) is 10.1 Å². The number of carbonyl (C=O) groups excluding carboxylic acids is 1. The van der Waals surface area contributed by atoms with Gasteiger partial charge in [-0.15, -0.1) is 10.2 Å². The van der Waals surface area contributed by atoms with Crippen molar-refractivity contribution in [3.8, 4) is 0 Å². The second-order valence-corrected chi connectivity index (χ2v) is 7.88. The van der Waals surface area contributed by atoms with Gasteiger partial charge in [-0.1, -0.05) is 53.4 Å². The van der Waals surface area contributed by atoms with Crippen molar-refractivity contribution in [3.63, 3.8) is 0 Å². The van der Waals surface area contributed by atoms with Gasteiger partial charge in [0.15, 0.2) is 8.68 Å². The Balaban J connectivity index is 1.88. The Labute approximate surface area is 138 Å². The molecule has 0 fully saturated rings. The highest BCUT2D eigenvalue weighted by Crippen LogP contribution is 2.28. The van der Waals surface area contributed by atoms with Crippen LogP contribution in [0.3, 0.4) is 0 Å². The van der Waals surface area contributed by atoms with E-state index in [1.54, 1.807) is 11.8 Å². The predicted molar refractivity (Wildman–Crippen MR) is 87.1 cm³/mol. The van der Waals surface area contributed by atoms with Crippen molar-refractivity contribution in [3.05, 3.63) is 29.0 Å². The van der Waals surface area contributed by atoms with Crippen LogP contribution in [0.2, 0.25) is 5.02 Å². The second kappa shape index (κ2) is 7.98. The van der Waals surface area contributed by atoms with E-state index in [4.69, 9.17) is 11.6 Å². The summed E-state index contributed by atoms with van der Waals surface area (Å²) in [6, 6.07) is 4.01. The first-order chi connectivity index (χ1) is 10.1. The molecule has 4 nitrogen and oxygen atoms in total. The summed E-state index contributed by atoms with van der Waals surface area (Å²) in [5.41, 5.74) is 0.0765. The Kier molecular flexibility index (Phi) is 6.28. The highest BCUT2D eigenvalue weighted by atomic mass is 35.5. The number of nitrogens with zero attached hydrogens (tertiary/aromatic N) is 2. The van der Waals surface area contributed by atoms with Gasteiger partial charge in [-0.05, 0) is 24.0 Å². The first-order valence-electron chi connectivity index (χ1n) is 5.92. The lowest BCUT2D eigenvalue weighted by molar-refractivity contribution is -0.113. The summed E-state index contributed by atoms with van der Waals surface area (Å²) in [5, 5.41) is 10.8. The fourth-order valence-corrected chi connectivity index (χ4v) is 4.23. The van der Waals surface area contributed by atoms with Gasteiger partial charge in [0.25, 0.3) is 0 Å². The second-order valence-electron chi connectivity index (χ2n) is 3.73. The minimum Gasteiger partial charge on any atom is -0.323 e. The number of hydrogen-bond donors (Lipinski definition) is 1. The molecule has 1 aromatic heterocycles. The van der Waals surface area contributed by atoms with E-state index in [1.807, 2.05) is 6.92 Å². The van der Waals surface area contributed by atoms with Gasteiger partial charge in [0.1, 0.15) is 5.82 Å². The molecule has 0 atom stereocenters. The Bertz CT molecular complexity index is 638. The van der Waals surface area contributed by atoms with E-state index < -0.39 is 5.82 Å². The molecule has 0 aliphatic heterocycles. The van der Waals surface area contributed by atoms with Crippen LogP contribution >= 0.6 is 46.5 Å². The van der Waals surface area contributed by atoms with Crippen molar-refractivity contribution in [2.24, 2.45) is 0 Å². The first-order valence-corrected chi connectivity index (χ1v) is 9.09. The predicted octanol–water partition coefficient (Wildman–Crippen LogP) is 4.17. The molecule has 1 heterocycles. The fourth-order valence-electron chi connectivity index (χ4n) is 1.34. The monoisotopic (exact) mass is 363 g/mol. The molecule has 2 rings (SSSR count). The van der Waals surface area contributed by atoms with Crippen LogP contribution in [0, 0.1) is 5.82 Å². The molecule has 0 radical (unpaired) electrons. The molecule has 1 N–H and O–H groups in total. The summed E-state index contributed by atoms with van der Waals surface area (Å²) >= 11 is 10.1. The van der Waals surface area contributed by atoms with Gasteiger partial charge >= 0.3 is 0 Å². The average Bonchev–Trinajstić information content (AvgIpc) is 2.89. The van der Waals surface area contributed by atoms with Crippen LogP contribution in [0.4, 0.5) is 10.1 Å². The molecule has 0 spiro atoms. The van der Waals surface area contributed by atoms with Crippen molar-refractivity contribution in [2.45, 2.75) is 15.6 Å².